The largest absolute Gasteiger partial charge is 0.464 e. The Labute approximate surface area is 99.6 Å². The molecule has 1 saturated carbocycles. The molecule has 2 rings (SSSR count). The van der Waals surface area contributed by atoms with Gasteiger partial charge in [0.2, 0.25) is 11.2 Å². The summed E-state index contributed by atoms with van der Waals surface area (Å²) in [5.74, 6) is 0.510. The van der Waals surface area contributed by atoms with Crippen LogP contribution in [0, 0.1) is 0 Å². The predicted molar refractivity (Wildman–Crippen MR) is 61.9 cm³/mol. The molecule has 0 amide bonds. The van der Waals surface area contributed by atoms with Crippen molar-refractivity contribution in [3.8, 4) is 6.01 Å². The van der Waals surface area contributed by atoms with Gasteiger partial charge in [-0.25, -0.2) is 0 Å². The Bertz CT molecular complexity index is 355. The minimum atomic E-state index is 0.166. The van der Waals surface area contributed by atoms with Crippen molar-refractivity contribution in [3.63, 3.8) is 0 Å². The fraction of sp³-hybridized carbons (Fsp3) is 0.700. The first kappa shape index (κ1) is 11.4. The van der Waals surface area contributed by atoms with Gasteiger partial charge >= 0.3 is 6.01 Å². The molecule has 88 valence electrons. The number of anilines is 1. The van der Waals surface area contributed by atoms with Crippen LogP contribution in [0.3, 0.4) is 0 Å². The number of aromatic nitrogens is 3. The van der Waals surface area contributed by atoms with Crippen LogP contribution in [-0.2, 0) is 0 Å². The Morgan fingerprint density at radius 2 is 2.06 bits per heavy atom. The zero-order valence-electron chi connectivity index (χ0n) is 9.24. The topological polar surface area (TPSA) is 59.9 Å². The molecule has 1 aliphatic carbocycles. The second-order valence-electron chi connectivity index (χ2n) is 3.77. The number of hydrogen-bond donors (Lipinski definition) is 1. The third-order valence-electron chi connectivity index (χ3n) is 2.55. The van der Waals surface area contributed by atoms with Crippen molar-refractivity contribution in [3.05, 3.63) is 5.28 Å². The van der Waals surface area contributed by atoms with Gasteiger partial charge in [-0.1, -0.05) is 12.8 Å². The molecular formula is C10H15ClN4O. The summed E-state index contributed by atoms with van der Waals surface area (Å²) in [5.41, 5.74) is 0. The Balaban J connectivity index is 2.06. The fourth-order valence-electron chi connectivity index (χ4n) is 1.84. The van der Waals surface area contributed by atoms with E-state index in [4.69, 9.17) is 16.3 Å². The lowest BCUT2D eigenvalue weighted by molar-refractivity contribution is 0.312. The minimum Gasteiger partial charge on any atom is -0.464 e. The first-order valence-electron chi connectivity index (χ1n) is 5.59. The van der Waals surface area contributed by atoms with Crippen LogP contribution in [0.1, 0.15) is 32.6 Å². The van der Waals surface area contributed by atoms with Crippen LogP contribution in [0.25, 0.3) is 0 Å². The van der Waals surface area contributed by atoms with E-state index in [2.05, 4.69) is 20.3 Å². The number of halogens is 1. The Morgan fingerprint density at radius 3 is 2.75 bits per heavy atom. The monoisotopic (exact) mass is 242 g/mol. The molecule has 0 bridgehead atoms. The predicted octanol–water partition coefficient (Wildman–Crippen LogP) is 2.28. The minimum absolute atomic E-state index is 0.166. The molecule has 0 atom stereocenters. The number of ether oxygens (including phenoxy) is 1. The van der Waals surface area contributed by atoms with E-state index in [0.717, 1.165) is 12.8 Å². The van der Waals surface area contributed by atoms with Gasteiger partial charge in [0.1, 0.15) is 0 Å². The van der Waals surface area contributed by atoms with Crippen LogP contribution in [0.4, 0.5) is 5.95 Å². The normalized spacial score (nSPS) is 16.4. The van der Waals surface area contributed by atoms with E-state index < -0.39 is 0 Å². The summed E-state index contributed by atoms with van der Waals surface area (Å²) in [6.45, 7) is 2.39. The molecule has 0 aliphatic heterocycles. The SMILES string of the molecule is CCOc1nc(Cl)nc(NC2CCCC2)n1. The Kier molecular flexibility index (Phi) is 3.77. The van der Waals surface area contributed by atoms with Crippen LogP contribution >= 0.6 is 11.6 Å². The van der Waals surface area contributed by atoms with E-state index in [0.29, 0.717) is 18.6 Å². The summed E-state index contributed by atoms with van der Waals surface area (Å²) >= 11 is 5.79. The quantitative estimate of drug-likeness (QED) is 0.878. The van der Waals surface area contributed by atoms with Gasteiger partial charge in [0.15, 0.2) is 0 Å². The van der Waals surface area contributed by atoms with Gasteiger partial charge in [-0.15, -0.1) is 0 Å². The van der Waals surface area contributed by atoms with Crippen molar-refractivity contribution in [2.75, 3.05) is 11.9 Å². The maximum absolute atomic E-state index is 5.79. The summed E-state index contributed by atoms with van der Waals surface area (Å²) < 4.78 is 5.21. The lowest BCUT2D eigenvalue weighted by Crippen LogP contribution is -2.17. The molecule has 16 heavy (non-hydrogen) atoms. The third kappa shape index (κ3) is 2.95. The number of nitrogens with one attached hydrogen (secondary N) is 1. The lowest BCUT2D eigenvalue weighted by Gasteiger charge is -2.12. The molecule has 0 spiro atoms. The van der Waals surface area contributed by atoms with Crippen molar-refractivity contribution >= 4 is 17.5 Å². The average molecular weight is 243 g/mol. The van der Waals surface area contributed by atoms with E-state index in [1.807, 2.05) is 6.92 Å². The molecule has 0 unspecified atom stereocenters. The zero-order chi connectivity index (χ0) is 11.4. The second kappa shape index (κ2) is 5.30. The van der Waals surface area contributed by atoms with Crippen molar-refractivity contribution < 1.29 is 4.74 Å². The smallest absolute Gasteiger partial charge is 0.322 e. The number of rotatable bonds is 4. The lowest BCUT2D eigenvalue weighted by atomic mass is 10.3. The first-order chi connectivity index (χ1) is 7.78. The van der Waals surface area contributed by atoms with Crippen molar-refractivity contribution in [2.24, 2.45) is 0 Å². The summed E-state index contributed by atoms with van der Waals surface area (Å²) in [5, 5.41) is 3.42. The van der Waals surface area contributed by atoms with Gasteiger partial charge in [0.05, 0.1) is 6.61 Å². The molecule has 6 heteroatoms. The number of nitrogens with zero attached hydrogens (tertiary/aromatic N) is 3. The van der Waals surface area contributed by atoms with Crippen LogP contribution in [0.15, 0.2) is 0 Å². The average Bonchev–Trinajstić information content (AvgIpc) is 2.70. The number of hydrogen-bond acceptors (Lipinski definition) is 5. The highest BCUT2D eigenvalue weighted by molar-refractivity contribution is 6.28. The zero-order valence-corrected chi connectivity index (χ0v) is 10.00. The molecule has 1 aromatic heterocycles. The summed E-state index contributed by atoms with van der Waals surface area (Å²) in [4.78, 5) is 12.1. The highest BCUT2D eigenvalue weighted by atomic mass is 35.5. The van der Waals surface area contributed by atoms with Crippen molar-refractivity contribution in [1.82, 2.24) is 15.0 Å². The molecule has 1 aromatic rings. The molecule has 5 nitrogen and oxygen atoms in total. The maximum atomic E-state index is 5.79. The first-order valence-corrected chi connectivity index (χ1v) is 5.96. The summed E-state index contributed by atoms with van der Waals surface area (Å²) in [7, 11) is 0. The molecular weight excluding hydrogens is 228 g/mol. The molecule has 0 aromatic carbocycles. The van der Waals surface area contributed by atoms with Crippen LogP contribution < -0.4 is 10.1 Å². The Hall–Kier alpha value is -1.10. The van der Waals surface area contributed by atoms with E-state index in [9.17, 15) is 0 Å². The summed E-state index contributed by atoms with van der Waals surface area (Å²) in [6.07, 6.45) is 4.84. The van der Waals surface area contributed by atoms with Gasteiger partial charge in [0.25, 0.3) is 0 Å². The van der Waals surface area contributed by atoms with E-state index >= 15 is 0 Å². The van der Waals surface area contributed by atoms with Gasteiger partial charge in [0, 0.05) is 6.04 Å². The van der Waals surface area contributed by atoms with E-state index in [1.165, 1.54) is 12.8 Å². The second-order valence-corrected chi connectivity index (χ2v) is 4.11. The van der Waals surface area contributed by atoms with Crippen LogP contribution in [0.2, 0.25) is 5.28 Å². The van der Waals surface area contributed by atoms with E-state index in [1.54, 1.807) is 0 Å². The van der Waals surface area contributed by atoms with Crippen LogP contribution in [0.5, 0.6) is 6.01 Å². The summed E-state index contributed by atoms with van der Waals surface area (Å²) in [6, 6.07) is 0.732. The van der Waals surface area contributed by atoms with Crippen molar-refractivity contribution in [1.29, 1.82) is 0 Å². The molecule has 1 heterocycles. The highest BCUT2D eigenvalue weighted by Crippen LogP contribution is 2.21. The Morgan fingerprint density at radius 1 is 1.31 bits per heavy atom. The molecule has 1 N–H and O–H groups in total. The maximum Gasteiger partial charge on any atom is 0.322 e. The van der Waals surface area contributed by atoms with Gasteiger partial charge in [-0.3, -0.25) is 0 Å². The standard InChI is InChI=1S/C10H15ClN4O/c1-2-16-10-14-8(11)13-9(15-10)12-7-5-3-4-6-7/h7H,2-6H2,1H3,(H,12,13,14,15). The fourth-order valence-corrected chi connectivity index (χ4v) is 2.00. The molecule has 0 saturated heterocycles. The highest BCUT2D eigenvalue weighted by Gasteiger charge is 2.16. The van der Waals surface area contributed by atoms with Gasteiger partial charge in [-0.2, -0.15) is 15.0 Å². The third-order valence-corrected chi connectivity index (χ3v) is 2.72. The van der Waals surface area contributed by atoms with E-state index in [-0.39, 0.29) is 11.3 Å². The van der Waals surface area contributed by atoms with Gasteiger partial charge in [-0.05, 0) is 31.4 Å². The molecule has 1 fully saturated rings. The van der Waals surface area contributed by atoms with Crippen molar-refractivity contribution in [2.45, 2.75) is 38.6 Å². The van der Waals surface area contributed by atoms with Gasteiger partial charge < -0.3 is 10.1 Å². The molecule has 1 aliphatic rings. The van der Waals surface area contributed by atoms with Crippen LogP contribution in [-0.4, -0.2) is 27.6 Å². The molecule has 0 radical (unpaired) electrons.